The van der Waals surface area contributed by atoms with Crippen LogP contribution in [0.15, 0.2) is 42.9 Å². The van der Waals surface area contributed by atoms with E-state index in [0.717, 1.165) is 16.9 Å². The molecule has 1 N–H and O–H groups in total. The maximum absolute atomic E-state index is 11.5. The van der Waals surface area contributed by atoms with Crippen molar-refractivity contribution in [3.8, 4) is 0 Å². The van der Waals surface area contributed by atoms with Gasteiger partial charge in [-0.3, -0.25) is 4.79 Å². The Morgan fingerprint density at radius 1 is 1.22 bits per heavy atom. The Bertz CT molecular complexity index is 508. The van der Waals surface area contributed by atoms with Gasteiger partial charge in [-0.1, -0.05) is 6.92 Å². The summed E-state index contributed by atoms with van der Waals surface area (Å²) in [4.78, 5) is 19.5. The second kappa shape index (κ2) is 5.91. The van der Waals surface area contributed by atoms with E-state index in [1.165, 1.54) is 6.33 Å². The number of hydrogen-bond acceptors (Lipinski definition) is 4. The van der Waals surface area contributed by atoms with Crippen molar-refractivity contribution in [2.45, 2.75) is 19.9 Å². The number of anilines is 1. The Hall–Kier alpha value is -2.23. The van der Waals surface area contributed by atoms with E-state index in [1.54, 1.807) is 6.20 Å². The van der Waals surface area contributed by atoms with Gasteiger partial charge in [0, 0.05) is 23.9 Å². The summed E-state index contributed by atoms with van der Waals surface area (Å²) in [6, 6.07) is 9.36. The zero-order valence-corrected chi connectivity index (χ0v) is 10.3. The van der Waals surface area contributed by atoms with Gasteiger partial charge in [-0.2, -0.15) is 0 Å². The number of nitrogens with one attached hydrogen (secondary N) is 1. The maximum Gasteiger partial charge on any atom is 0.162 e. The summed E-state index contributed by atoms with van der Waals surface area (Å²) in [6.07, 6.45) is 3.78. The molecule has 4 heteroatoms. The lowest BCUT2D eigenvalue weighted by atomic mass is 10.1. The minimum atomic E-state index is 0.164. The molecule has 2 aromatic rings. The summed E-state index contributed by atoms with van der Waals surface area (Å²) in [6.45, 7) is 2.51. The van der Waals surface area contributed by atoms with Gasteiger partial charge in [0.25, 0.3) is 0 Å². The Morgan fingerprint density at radius 3 is 2.61 bits per heavy atom. The van der Waals surface area contributed by atoms with E-state index >= 15 is 0 Å². The largest absolute Gasteiger partial charge is 0.379 e. The van der Waals surface area contributed by atoms with Crippen LogP contribution in [0.5, 0.6) is 0 Å². The number of hydrogen-bond donors (Lipinski definition) is 1. The highest BCUT2D eigenvalue weighted by Gasteiger charge is 2.02. The van der Waals surface area contributed by atoms with Crippen LogP contribution in [0.2, 0.25) is 0 Å². The number of carbonyl (C=O) groups is 1. The molecule has 0 atom stereocenters. The summed E-state index contributed by atoms with van der Waals surface area (Å²) in [5.41, 5.74) is 2.66. The topological polar surface area (TPSA) is 54.9 Å². The highest BCUT2D eigenvalue weighted by Crippen LogP contribution is 2.11. The average molecular weight is 241 g/mol. The molecule has 1 aromatic heterocycles. The number of rotatable bonds is 5. The van der Waals surface area contributed by atoms with E-state index in [0.29, 0.717) is 13.0 Å². The van der Waals surface area contributed by atoms with Crippen molar-refractivity contribution in [3.63, 3.8) is 0 Å². The van der Waals surface area contributed by atoms with E-state index in [2.05, 4.69) is 15.3 Å². The molecule has 1 aromatic carbocycles. The number of ketones is 1. The molecule has 18 heavy (non-hydrogen) atoms. The SMILES string of the molecule is CCC(=O)c1ccc(NCc2ccncn2)cc1. The van der Waals surface area contributed by atoms with Gasteiger partial charge in [0.05, 0.1) is 12.2 Å². The molecule has 1 heterocycles. The molecule has 0 radical (unpaired) electrons. The highest BCUT2D eigenvalue weighted by molar-refractivity contribution is 5.96. The van der Waals surface area contributed by atoms with E-state index in [4.69, 9.17) is 0 Å². The van der Waals surface area contributed by atoms with Gasteiger partial charge in [-0.05, 0) is 30.3 Å². The van der Waals surface area contributed by atoms with Gasteiger partial charge in [-0.25, -0.2) is 9.97 Å². The van der Waals surface area contributed by atoms with Crippen LogP contribution in [-0.4, -0.2) is 15.8 Å². The molecule has 0 saturated carbocycles. The van der Waals surface area contributed by atoms with Gasteiger partial charge < -0.3 is 5.32 Å². The first-order chi connectivity index (χ1) is 8.79. The minimum absolute atomic E-state index is 0.164. The molecule has 0 aliphatic carbocycles. The molecule has 0 unspecified atom stereocenters. The lowest BCUT2D eigenvalue weighted by Crippen LogP contribution is -2.02. The van der Waals surface area contributed by atoms with Crippen molar-refractivity contribution >= 4 is 11.5 Å². The van der Waals surface area contributed by atoms with Gasteiger partial charge in [-0.15, -0.1) is 0 Å². The number of benzene rings is 1. The van der Waals surface area contributed by atoms with Crippen molar-refractivity contribution in [1.29, 1.82) is 0 Å². The van der Waals surface area contributed by atoms with Crippen LogP contribution in [0.4, 0.5) is 5.69 Å². The van der Waals surface area contributed by atoms with Crippen LogP contribution in [-0.2, 0) is 6.54 Å². The summed E-state index contributed by atoms with van der Waals surface area (Å²) < 4.78 is 0. The number of nitrogens with zero attached hydrogens (tertiary/aromatic N) is 2. The highest BCUT2D eigenvalue weighted by atomic mass is 16.1. The van der Waals surface area contributed by atoms with Crippen LogP contribution >= 0.6 is 0 Å². The van der Waals surface area contributed by atoms with Crippen molar-refractivity contribution in [3.05, 3.63) is 54.1 Å². The molecule has 0 aliphatic rings. The first-order valence-corrected chi connectivity index (χ1v) is 5.91. The third-order valence-corrected chi connectivity index (χ3v) is 2.64. The fourth-order valence-electron chi connectivity index (χ4n) is 1.59. The zero-order valence-electron chi connectivity index (χ0n) is 10.3. The molecule has 0 amide bonds. The Morgan fingerprint density at radius 2 is 2.00 bits per heavy atom. The third-order valence-electron chi connectivity index (χ3n) is 2.64. The first kappa shape index (κ1) is 12.2. The van der Waals surface area contributed by atoms with Crippen LogP contribution in [0.1, 0.15) is 29.4 Å². The summed E-state index contributed by atoms with van der Waals surface area (Å²) in [5, 5.41) is 3.24. The Kier molecular flexibility index (Phi) is 4.02. The average Bonchev–Trinajstić information content (AvgIpc) is 2.46. The predicted molar refractivity (Wildman–Crippen MR) is 70.4 cm³/mol. The van der Waals surface area contributed by atoms with Gasteiger partial charge in [0.15, 0.2) is 5.78 Å². The van der Waals surface area contributed by atoms with Crippen molar-refractivity contribution in [2.24, 2.45) is 0 Å². The van der Waals surface area contributed by atoms with Crippen molar-refractivity contribution in [1.82, 2.24) is 9.97 Å². The lowest BCUT2D eigenvalue weighted by molar-refractivity contribution is 0.0988. The third kappa shape index (κ3) is 3.13. The molecular formula is C14H15N3O. The van der Waals surface area contributed by atoms with Crippen LogP contribution in [0.3, 0.4) is 0 Å². The van der Waals surface area contributed by atoms with Crippen LogP contribution < -0.4 is 5.32 Å². The number of Topliss-reactive ketones (excluding diaryl/α,β-unsaturated/α-hetero) is 1. The second-order valence-electron chi connectivity index (χ2n) is 3.91. The van der Waals surface area contributed by atoms with Crippen molar-refractivity contribution in [2.75, 3.05) is 5.32 Å². The second-order valence-corrected chi connectivity index (χ2v) is 3.91. The van der Waals surface area contributed by atoms with Crippen LogP contribution in [0.25, 0.3) is 0 Å². The Labute approximate surface area is 106 Å². The maximum atomic E-state index is 11.5. The monoisotopic (exact) mass is 241 g/mol. The quantitative estimate of drug-likeness (QED) is 0.818. The standard InChI is InChI=1S/C14H15N3O/c1-2-14(18)11-3-5-12(6-4-11)16-9-13-7-8-15-10-17-13/h3-8,10,16H,2,9H2,1H3. The van der Waals surface area contributed by atoms with Gasteiger partial charge >= 0.3 is 0 Å². The lowest BCUT2D eigenvalue weighted by Gasteiger charge is -2.06. The molecule has 0 fully saturated rings. The first-order valence-electron chi connectivity index (χ1n) is 5.91. The predicted octanol–water partition coefficient (Wildman–Crippen LogP) is 2.68. The molecular weight excluding hydrogens is 226 g/mol. The normalized spacial score (nSPS) is 10.1. The van der Waals surface area contributed by atoms with E-state index in [1.807, 2.05) is 37.3 Å². The summed E-state index contributed by atoms with van der Waals surface area (Å²) >= 11 is 0. The smallest absolute Gasteiger partial charge is 0.162 e. The summed E-state index contributed by atoms with van der Waals surface area (Å²) in [7, 11) is 0. The molecule has 0 spiro atoms. The number of carbonyl (C=O) groups excluding carboxylic acids is 1. The van der Waals surface area contributed by atoms with E-state index < -0.39 is 0 Å². The molecule has 4 nitrogen and oxygen atoms in total. The molecule has 0 saturated heterocycles. The minimum Gasteiger partial charge on any atom is -0.379 e. The fraction of sp³-hybridized carbons (Fsp3) is 0.214. The molecule has 92 valence electrons. The van der Waals surface area contributed by atoms with E-state index in [9.17, 15) is 4.79 Å². The fourth-order valence-corrected chi connectivity index (χ4v) is 1.59. The van der Waals surface area contributed by atoms with Crippen molar-refractivity contribution < 1.29 is 4.79 Å². The Balaban J connectivity index is 1.97. The molecule has 0 aliphatic heterocycles. The molecule has 2 rings (SSSR count). The zero-order chi connectivity index (χ0) is 12.8. The number of aromatic nitrogens is 2. The molecule has 0 bridgehead atoms. The van der Waals surface area contributed by atoms with Gasteiger partial charge in [0.1, 0.15) is 6.33 Å². The summed E-state index contributed by atoms with van der Waals surface area (Å²) in [5.74, 6) is 0.164. The van der Waals surface area contributed by atoms with Crippen LogP contribution in [0, 0.1) is 0 Å². The van der Waals surface area contributed by atoms with Gasteiger partial charge in [0.2, 0.25) is 0 Å². The van der Waals surface area contributed by atoms with E-state index in [-0.39, 0.29) is 5.78 Å².